The van der Waals surface area contributed by atoms with Gasteiger partial charge in [0.1, 0.15) is 6.17 Å². The maximum Gasteiger partial charge on any atom is 0.104 e. The molecule has 3 N–H and O–H groups in total. The first-order valence-electron chi connectivity index (χ1n) is 20.3. The number of nitrogens with one attached hydrogen (secondary N) is 3. The van der Waals surface area contributed by atoms with Crippen LogP contribution in [0.3, 0.4) is 0 Å². The predicted molar refractivity (Wildman–Crippen MR) is 243 cm³/mol. The number of rotatable bonds is 7. The van der Waals surface area contributed by atoms with Crippen LogP contribution in [0.1, 0.15) is 35.3 Å². The Hall–Kier alpha value is -7.15. The van der Waals surface area contributed by atoms with Crippen LogP contribution in [0.25, 0.3) is 71.6 Å². The second-order valence-corrected chi connectivity index (χ2v) is 15.3. The van der Waals surface area contributed by atoms with Gasteiger partial charge in [0.15, 0.2) is 0 Å². The summed E-state index contributed by atoms with van der Waals surface area (Å²) in [6.07, 6.45) is 1.70. The average Bonchev–Trinajstić information content (AvgIpc) is 3.66. The van der Waals surface area contributed by atoms with Gasteiger partial charge in [-0.05, 0) is 97.7 Å². The van der Waals surface area contributed by atoms with Crippen LogP contribution in [-0.4, -0.2) is 9.55 Å². The van der Waals surface area contributed by atoms with E-state index in [0.29, 0.717) is 0 Å². The third-order valence-corrected chi connectivity index (χ3v) is 11.7. The molecule has 0 radical (unpaired) electrons. The molecule has 5 nitrogen and oxygen atoms in total. The van der Waals surface area contributed by atoms with Gasteiger partial charge in [0, 0.05) is 10.8 Å². The van der Waals surface area contributed by atoms with Gasteiger partial charge in [0.05, 0.1) is 40.9 Å². The third-order valence-electron chi connectivity index (χ3n) is 11.7. The molecule has 1 saturated heterocycles. The summed E-state index contributed by atoms with van der Waals surface area (Å²) < 4.78 is 2.39. The van der Waals surface area contributed by atoms with E-state index >= 15 is 0 Å². The van der Waals surface area contributed by atoms with Crippen molar-refractivity contribution >= 4 is 32.6 Å². The van der Waals surface area contributed by atoms with E-state index in [9.17, 15) is 0 Å². The standard InChI is InChI=1S/C54H41N5/c1-5-15-36(16-6-1)42-31-43(37-17-7-2-8-18-37)33-44(32-42)41-25-28-47-50(34-41)59(49-30-26-38-19-13-14-24-46(38)51(47)49)45-27-29-48(55-35-45)54-57-52(39-20-9-3-10-21-39)56-53(58-54)40-22-11-4-12-23-40/h1-35,52-54,56-58H. The molecule has 0 amide bonds. The summed E-state index contributed by atoms with van der Waals surface area (Å²) in [5, 5.41) is 16.3. The van der Waals surface area contributed by atoms with E-state index in [1.54, 1.807) is 0 Å². The van der Waals surface area contributed by atoms with E-state index in [4.69, 9.17) is 4.98 Å². The largest absolute Gasteiger partial charge is 0.308 e. The van der Waals surface area contributed by atoms with E-state index in [-0.39, 0.29) is 18.5 Å². The Balaban J connectivity index is 1.04. The van der Waals surface area contributed by atoms with Gasteiger partial charge in [-0.1, -0.05) is 164 Å². The summed E-state index contributed by atoms with van der Waals surface area (Å²) >= 11 is 0. The molecule has 10 aromatic rings. The number of nitrogens with zero attached hydrogens (tertiary/aromatic N) is 2. The molecule has 59 heavy (non-hydrogen) atoms. The summed E-state index contributed by atoms with van der Waals surface area (Å²) in [6.45, 7) is 0. The fraction of sp³-hybridized carbons (Fsp3) is 0.0556. The summed E-state index contributed by atoms with van der Waals surface area (Å²) in [5.41, 5.74) is 13.7. The fourth-order valence-electron chi connectivity index (χ4n) is 8.83. The van der Waals surface area contributed by atoms with E-state index in [2.05, 4.69) is 227 Å². The molecule has 1 aliphatic heterocycles. The highest BCUT2D eigenvalue weighted by atomic mass is 15.4. The lowest BCUT2D eigenvalue weighted by Crippen LogP contribution is -2.54. The zero-order valence-corrected chi connectivity index (χ0v) is 32.3. The minimum Gasteiger partial charge on any atom is -0.308 e. The van der Waals surface area contributed by atoms with Crippen LogP contribution in [0.4, 0.5) is 0 Å². The van der Waals surface area contributed by atoms with Crippen molar-refractivity contribution in [2.45, 2.75) is 18.5 Å². The molecular weight excluding hydrogens is 719 g/mol. The Morgan fingerprint density at radius 3 is 1.51 bits per heavy atom. The second-order valence-electron chi connectivity index (χ2n) is 15.3. The zero-order chi connectivity index (χ0) is 39.1. The van der Waals surface area contributed by atoms with Crippen molar-refractivity contribution in [1.29, 1.82) is 0 Å². The fourth-order valence-corrected chi connectivity index (χ4v) is 8.83. The first kappa shape index (κ1) is 35.0. The van der Waals surface area contributed by atoms with Crippen molar-refractivity contribution < 1.29 is 0 Å². The van der Waals surface area contributed by atoms with Crippen LogP contribution in [0.5, 0.6) is 0 Å². The van der Waals surface area contributed by atoms with Gasteiger partial charge in [0.25, 0.3) is 0 Å². The quantitative estimate of drug-likeness (QED) is 0.151. The van der Waals surface area contributed by atoms with Gasteiger partial charge >= 0.3 is 0 Å². The highest BCUT2D eigenvalue weighted by molar-refractivity contribution is 6.21. The molecule has 5 heteroatoms. The topological polar surface area (TPSA) is 53.9 Å². The number of fused-ring (bicyclic) bond motifs is 5. The molecule has 282 valence electrons. The zero-order valence-electron chi connectivity index (χ0n) is 32.3. The lowest BCUT2D eigenvalue weighted by Gasteiger charge is -2.39. The molecule has 2 atom stereocenters. The second kappa shape index (κ2) is 15.0. The van der Waals surface area contributed by atoms with Crippen LogP contribution in [0.15, 0.2) is 212 Å². The summed E-state index contributed by atoms with van der Waals surface area (Å²) in [4.78, 5) is 5.19. The van der Waals surface area contributed by atoms with Gasteiger partial charge in [0.2, 0.25) is 0 Å². The number of pyridine rings is 1. The summed E-state index contributed by atoms with van der Waals surface area (Å²) in [5.74, 6) is 0. The third kappa shape index (κ3) is 6.58. The Kier molecular flexibility index (Phi) is 8.90. The van der Waals surface area contributed by atoms with E-state index in [1.807, 2.05) is 6.20 Å². The minimum absolute atomic E-state index is 0.0685. The smallest absolute Gasteiger partial charge is 0.104 e. The molecule has 3 heterocycles. The lowest BCUT2D eigenvalue weighted by atomic mass is 9.93. The molecule has 0 bridgehead atoms. The highest BCUT2D eigenvalue weighted by Gasteiger charge is 2.30. The number of benzene rings is 8. The Morgan fingerprint density at radius 2 is 0.915 bits per heavy atom. The van der Waals surface area contributed by atoms with Gasteiger partial charge in [-0.25, -0.2) is 0 Å². The monoisotopic (exact) mass is 759 g/mol. The van der Waals surface area contributed by atoms with Gasteiger partial charge < -0.3 is 4.57 Å². The molecule has 11 rings (SSSR count). The molecule has 1 fully saturated rings. The van der Waals surface area contributed by atoms with E-state index in [0.717, 1.165) is 28.0 Å². The van der Waals surface area contributed by atoms with Crippen molar-refractivity contribution in [3.63, 3.8) is 0 Å². The van der Waals surface area contributed by atoms with Crippen LogP contribution in [-0.2, 0) is 0 Å². The van der Waals surface area contributed by atoms with Crippen LogP contribution in [0.2, 0.25) is 0 Å². The predicted octanol–water partition coefficient (Wildman–Crippen LogP) is 12.5. The number of aromatic nitrogens is 2. The van der Waals surface area contributed by atoms with Gasteiger partial charge in [-0.2, -0.15) is 0 Å². The molecule has 1 aliphatic rings. The Morgan fingerprint density at radius 1 is 0.373 bits per heavy atom. The maximum absolute atomic E-state index is 5.19. The average molecular weight is 760 g/mol. The molecule has 0 saturated carbocycles. The summed E-state index contributed by atoms with van der Waals surface area (Å²) in [6, 6.07) is 73.9. The SMILES string of the molecule is c1ccc(-c2cc(-c3ccccc3)cc(-c3ccc4c5c6ccccc6ccc5n(-c5ccc(C6NC(c7ccccc7)NC(c7ccccc7)N6)nc5)c4c3)c2)cc1. The maximum atomic E-state index is 5.19. The lowest BCUT2D eigenvalue weighted by molar-refractivity contribution is 0.200. The normalized spacial score (nSPS) is 16.8. The molecule has 2 unspecified atom stereocenters. The molecule has 8 aromatic carbocycles. The minimum atomic E-state index is -0.190. The van der Waals surface area contributed by atoms with Crippen molar-refractivity contribution in [1.82, 2.24) is 25.5 Å². The highest BCUT2D eigenvalue weighted by Crippen LogP contribution is 2.40. The van der Waals surface area contributed by atoms with Gasteiger partial charge in [-0.15, -0.1) is 0 Å². The first-order valence-corrected chi connectivity index (χ1v) is 20.3. The van der Waals surface area contributed by atoms with E-state index < -0.39 is 0 Å². The van der Waals surface area contributed by atoms with E-state index in [1.165, 1.54) is 60.5 Å². The number of hydrogen-bond donors (Lipinski definition) is 3. The molecule has 2 aromatic heterocycles. The number of hydrogen-bond acceptors (Lipinski definition) is 4. The van der Waals surface area contributed by atoms with Crippen molar-refractivity contribution in [2.75, 3.05) is 0 Å². The first-order chi connectivity index (χ1) is 29.2. The Labute approximate surface area is 343 Å². The van der Waals surface area contributed by atoms with Crippen LogP contribution >= 0.6 is 0 Å². The van der Waals surface area contributed by atoms with Crippen molar-refractivity contribution in [2.24, 2.45) is 0 Å². The van der Waals surface area contributed by atoms with Gasteiger partial charge in [-0.3, -0.25) is 20.9 Å². The van der Waals surface area contributed by atoms with Crippen molar-refractivity contribution in [3.8, 4) is 39.1 Å². The van der Waals surface area contributed by atoms with Crippen LogP contribution in [0, 0.1) is 0 Å². The molecule has 0 spiro atoms. The molecular formula is C54H41N5. The molecule has 0 aliphatic carbocycles. The summed E-state index contributed by atoms with van der Waals surface area (Å²) in [7, 11) is 0. The van der Waals surface area contributed by atoms with Crippen LogP contribution < -0.4 is 16.0 Å². The van der Waals surface area contributed by atoms with Crippen molar-refractivity contribution in [3.05, 3.63) is 229 Å². The Bertz CT molecular complexity index is 2970.